The van der Waals surface area contributed by atoms with Gasteiger partial charge in [0.25, 0.3) is 0 Å². The monoisotopic (exact) mass is 267 g/mol. The largest absolute Gasteiger partial charge is 0.371 e. The van der Waals surface area contributed by atoms with Gasteiger partial charge in [0.1, 0.15) is 0 Å². The quantitative estimate of drug-likeness (QED) is 0.852. The van der Waals surface area contributed by atoms with Crippen molar-refractivity contribution in [1.29, 1.82) is 0 Å². The molecule has 0 saturated carbocycles. The van der Waals surface area contributed by atoms with E-state index in [-0.39, 0.29) is 5.82 Å². The third kappa shape index (κ3) is 4.02. The average Bonchev–Trinajstić information content (AvgIpc) is 2.41. The van der Waals surface area contributed by atoms with Gasteiger partial charge < -0.3 is 15.5 Å². The zero-order chi connectivity index (χ0) is 13.7. The second-order valence-electron chi connectivity index (χ2n) is 5.13. The molecule has 0 spiro atoms. The van der Waals surface area contributed by atoms with E-state index in [0.717, 1.165) is 25.4 Å². The van der Waals surface area contributed by atoms with Crippen molar-refractivity contribution >= 4 is 11.8 Å². The number of hydrogen-bond donors (Lipinski definition) is 2. The van der Waals surface area contributed by atoms with Gasteiger partial charge in [-0.25, -0.2) is 9.37 Å². The second-order valence-corrected chi connectivity index (χ2v) is 5.13. The van der Waals surface area contributed by atoms with Crippen LogP contribution in [-0.4, -0.2) is 48.6 Å². The van der Waals surface area contributed by atoms with Crippen molar-refractivity contribution in [2.75, 3.05) is 44.4 Å². The van der Waals surface area contributed by atoms with E-state index in [1.165, 1.54) is 25.6 Å². The van der Waals surface area contributed by atoms with Crippen molar-refractivity contribution in [2.24, 2.45) is 5.92 Å². The fourth-order valence-corrected chi connectivity index (χ4v) is 2.52. The van der Waals surface area contributed by atoms with Crippen LogP contribution in [-0.2, 0) is 0 Å². The van der Waals surface area contributed by atoms with E-state index >= 15 is 0 Å². The molecular formula is C13H22FN5. The molecule has 0 bridgehead atoms. The number of aromatic nitrogens is 2. The first-order chi connectivity index (χ1) is 9.19. The topological polar surface area (TPSA) is 53.1 Å². The summed E-state index contributed by atoms with van der Waals surface area (Å²) < 4.78 is 13.2. The van der Waals surface area contributed by atoms with Gasteiger partial charge in [-0.2, -0.15) is 4.98 Å². The Kier molecular flexibility index (Phi) is 4.90. The molecule has 2 N–H and O–H groups in total. The third-order valence-electron chi connectivity index (χ3n) is 3.54. The first-order valence-electron chi connectivity index (χ1n) is 6.81. The molecule has 0 aliphatic carbocycles. The second kappa shape index (κ2) is 6.65. The minimum absolute atomic E-state index is 0.231. The van der Waals surface area contributed by atoms with Crippen molar-refractivity contribution < 1.29 is 4.39 Å². The predicted molar refractivity (Wildman–Crippen MR) is 74.9 cm³/mol. The van der Waals surface area contributed by atoms with Crippen LogP contribution in [0.15, 0.2) is 6.20 Å². The number of rotatable bonds is 5. The van der Waals surface area contributed by atoms with Gasteiger partial charge >= 0.3 is 0 Å². The third-order valence-corrected chi connectivity index (χ3v) is 3.54. The fourth-order valence-electron chi connectivity index (χ4n) is 2.52. The van der Waals surface area contributed by atoms with Crippen LogP contribution in [0.5, 0.6) is 0 Å². The van der Waals surface area contributed by atoms with Gasteiger partial charge in [-0.05, 0) is 38.8 Å². The van der Waals surface area contributed by atoms with Gasteiger partial charge in [0, 0.05) is 20.1 Å². The number of piperidine rings is 1. The Morgan fingerprint density at radius 1 is 1.53 bits per heavy atom. The van der Waals surface area contributed by atoms with E-state index in [1.54, 1.807) is 7.05 Å². The van der Waals surface area contributed by atoms with Gasteiger partial charge in [0.15, 0.2) is 11.6 Å². The molecule has 1 unspecified atom stereocenters. The summed E-state index contributed by atoms with van der Waals surface area (Å²) in [5.41, 5.74) is 0. The summed E-state index contributed by atoms with van der Waals surface area (Å²) in [6.07, 6.45) is 4.85. The van der Waals surface area contributed by atoms with E-state index in [0.29, 0.717) is 5.95 Å². The summed E-state index contributed by atoms with van der Waals surface area (Å²) in [5.74, 6) is 1.02. The Morgan fingerprint density at radius 3 is 3.11 bits per heavy atom. The number of halogens is 1. The van der Waals surface area contributed by atoms with E-state index < -0.39 is 5.82 Å². The van der Waals surface area contributed by atoms with E-state index in [1.807, 2.05) is 0 Å². The number of hydrogen-bond acceptors (Lipinski definition) is 5. The first-order valence-corrected chi connectivity index (χ1v) is 6.81. The van der Waals surface area contributed by atoms with Crippen molar-refractivity contribution in [3.8, 4) is 0 Å². The summed E-state index contributed by atoms with van der Waals surface area (Å²) in [7, 11) is 3.81. The standard InChI is InChI=1S/C13H22FN5/c1-15-12-11(14)8-17-13(18-12)16-6-5-10-4-3-7-19(2)9-10/h8,10H,3-7,9H2,1-2H3,(H2,15,16,17,18). The lowest BCUT2D eigenvalue weighted by Gasteiger charge is -2.29. The minimum Gasteiger partial charge on any atom is -0.371 e. The summed E-state index contributed by atoms with van der Waals surface area (Å²) in [4.78, 5) is 10.4. The Labute approximate surface area is 113 Å². The molecule has 106 valence electrons. The Balaban J connectivity index is 1.79. The molecule has 1 aromatic heterocycles. The van der Waals surface area contributed by atoms with Gasteiger partial charge in [-0.1, -0.05) is 0 Å². The molecule has 5 nitrogen and oxygen atoms in total. The molecule has 1 atom stereocenters. The van der Waals surface area contributed by atoms with Crippen molar-refractivity contribution in [1.82, 2.24) is 14.9 Å². The van der Waals surface area contributed by atoms with Crippen LogP contribution in [0, 0.1) is 11.7 Å². The Hall–Kier alpha value is -1.43. The lowest BCUT2D eigenvalue weighted by Crippen LogP contribution is -2.32. The van der Waals surface area contributed by atoms with E-state index in [9.17, 15) is 4.39 Å². The van der Waals surface area contributed by atoms with Gasteiger partial charge in [-0.3, -0.25) is 0 Å². The zero-order valence-electron chi connectivity index (χ0n) is 11.6. The summed E-state index contributed by atoms with van der Waals surface area (Å²) in [6, 6.07) is 0. The molecular weight excluding hydrogens is 245 g/mol. The molecule has 1 aromatic rings. The van der Waals surface area contributed by atoms with Crippen LogP contribution in [0.4, 0.5) is 16.2 Å². The predicted octanol–water partition coefficient (Wildman–Crippen LogP) is 1.80. The highest BCUT2D eigenvalue weighted by molar-refractivity contribution is 5.40. The van der Waals surface area contributed by atoms with Crippen LogP contribution in [0.1, 0.15) is 19.3 Å². The molecule has 6 heteroatoms. The molecule has 1 aliphatic rings. The first kappa shape index (κ1) is 14.0. The van der Waals surface area contributed by atoms with E-state index in [4.69, 9.17) is 0 Å². The maximum atomic E-state index is 13.2. The molecule has 0 amide bonds. The smallest absolute Gasteiger partial charge is 0.224 e. The van der Waals surface area contributed by atoms with Crippen molar-refractivity contribution in [2.45, 2.75) is 19.3 Å². The molecule has 0 aromatic carbocycles. The number of likely N-dealkylation sites (tertiary alicyclic amines) is 1. The number of nitrogens with one attached hydrogen (secondary N) is 2. The fraction of sp³-hybridized carbons (Fsp3) is 0.692. The van der Waals surface area contributed by atoms with Gasteiger partial charge in [0.05, 0.1) is 6.20 Å². The maximum Gasteiger partial charge on any atom is 0.224 e. The van der Waals surface area contributed by atoms with Crippen LogP contribution in [0.3, 0.4) is 0 Å². The van der Waals surface area contributed by atoms with Crippen molar-refractivity contribution in [3.63, 3.8) is 0 Å². The molecule has 1 aliphatic heterocycles. The van der Waals surface area contributed by atoms with Gasteiger partial charge in [-0.15, -0.1) is 0 Å². The number of anilines is 2. The van der Waals surface area contributed by atoms with Crippen LogP contribution >= 0.6 is 0 Å². The maximum absolute atomic E-state index is 13.2. The van der Waals surface area contributed by atoms with Crippen LogP contribution < -0.4 is 10.6 Å². The highest BCUT2D eigenvalue weighted by Gasteiger charge is 2.16. The molecule has 1 fully saturated rings. The molecule has 1 saturated heterocycles. The minimum atomic E-state index is -0.429. The highest BCUT2D eigenvalue weighted by Crippen LogP contribution is 2.18. The van der Waals surface area contributed by atoms with E-state index in [2.05, 4.69) is 32.5 Å². The number of nitrogens with zero attached hydrogens (tertiary/aromatic N) is 3. The lowest BCUT2D eigenvalue weighted by molar-refractivity contribution is 0.205. The summed E-state index contributed by atoms with van der Waals surface area (Å²) in [5, 5.41) is 5.87. The van der Waals surface area contributed by atoms with Gasteiger partial charge in [0.2, 0.25) is 5.95 Å². The Bertz CT molecular complexity index is 412. The normalized spacial score (nSPS) is 20.3. The van der Waals surface area contributed by atoms with Crippen LogP contribution in [0.25, 0.3) is 0 Å². The van der Waals surface area contributed by atoms with Crippen LogP contribution in [0.2, 0.25) is 0 Å². The lowest BCUT2D eigenvalue weighted by atomic mass is 9.95. The zero-order valence-corrected chi connectivity index (χ0v) is 11.6. The Morgan fingerprint density at radius 2 is 2.37 bits per heavy atom. The summed E-state index contributed by atoms with van der Waals surface area (Å²) in [6.45, 7) is 3.19. The highest BCUT2D eigenvalue weighted by atomic mass is 19.1. The SMILES string of the molecule is CNc1nc(NCCC2CCCN(C)C2)ncc1F. The molecule has 2 heterocycles. The average molecular weight is 267 g/mol. The molecule has 2 rings (SSSR count). The molecule has 0 radical (unpaired) electrons. The molecule has 19 heavy (non-hydrogen) atoms. The van der Waals surface area contributed by atoms with Crippen molar-refractivity contribution in [3.05, 3.63) is 12.0 Å². The summed E-state index contributed by atoms with van der Waals surface area (Å²) >= 11 is 0.